The minimum absolute atomic E-state index is 2.19. The molecule has 0 bridgehead atoms. The first-order chi connectivity index (χ1) is 32.7. The molecule has 0 radical (unpaired) electrons. The standard InChI is InChI=1S/C27H50O6/c1-4-7-10-13-16-19-25(28)31-22-24(33-27(30)21-18-15-12-9-6-3)23-32-26(29)20-17-14-11-8-5-2/h24H,4-23H2,1-3H3/i1D3,2D3,3D3,4D2,5D2,6D2,7D2,8D2,9D2,10D2,11D2,12D,13D2,14D2,15D2,16D2,17D2,18D2,19D2,20D2,21D2. The van der Waals surface area contributed by atoms with Gasteiger partial charge >= 0.3 is 17.9 Å². The highest BCUT2D eigenvalue weighted by molar-refractivity contribution is 5.71. The molecule has 0 spiro atoms. The lowest BCUT2D eigenvalue weighted by molar-refractivity contribution is -0.167. The van der Waals surface area contributed by atoms with E-state index in [4.69, 9.17) is 60.3 Å². The van der Waals surface area contributed by atoms with E-state index < -0.39 is 173 Å². The van der Waals surface area contributed by atoms with Crippen LogP contribution >= 0.6 is 0 Å². The van der Waals surface area contributed by atoms with Crippen molar-refractivity contribution in [1.82, 2.24) is 0 Å². The summed E-state index contributed by atoms with van der Waals surface area (Å²) in [6.07, 6.45) is -86.8. The average molecular weight is 515 g/mol. The van der Waals surface area contributed by atoms with Crippen molar-refractivity contribution in [3.63, 3.8) is 0 Å². The second-order valence-electron chi connectivity index (χ2n) is 4.53. The van der Waals surface area contributed by atoms with Gasteiger partial charge in [-0.1, -0.05) is 97.1 Å². The van der Waals surface area contributed by atoms with E-state index in [1.165, 1.54) is 0 Å². The van der Waals surface area contributed by atoms with E-state index in [2.05, 4.69) is 14.2 Å². The predicted octanol–water partition coefficient (Wildman–Crippen LogP) is 7.07. The van der Waals surface area contributed by atoms with Crippen LogP contribution in [-0.2, 0) is 28.6 Å². The summed E-state index contributed by atoms with van der Waals surface area (Å²) in [4.78, 5) is 40.1. The normalized spacial score (nSPS) is 40.2. The van der Waals surface area contributed by atoms with Crippen molar-refractivity contribution in [3.8, 4) is 0 Å². The summed E-state index contributed by atoms with van der Waals surface area (Å²) in [7, 11) is 0. The maximum Gasteiger partial charge on any atom is 0.306 e. The van der Waals surface area contributed by atoms with Gasteiger partial charge in [0.25, 0.3) is 0 Å². The van der Waals surface area contributed by atoms with Crippen molar-refractivity contribution in [1.29, 1.82) is 0 Å². The molecule has 1 atom stereocenters. The first-order valence-corrected chi connectivity index (χ1v) is 8.18. The predicted molar refractivity (Wildman–Crippen MR) is 132 cm³/mol. The van der Waals surface area contributed by atoms with Gasteiger partial charge in [0.05, 0.1) is 0 Å². The molecule has 33 heavy (non-hydrogen) atoms. The molecular formula is C27H50O6. The Hall–Kier alpha value is -1.59. The largest absolute Gasteiger partial charge is 0.462 e. The molecular weight excluding hydrogens is 420 g/mol. The topological polar surface area (TPSA) is 78.9 Å². The molecule has 0 aliphatic carbocycles. The van der Waals surface area contributed by atoms with Crippen LogP contribution in [0.3, 0.4) is 0 Å². The SMILES string of the molecule is [2H]C(C([2H])([2H])C([2H])([2H])C([2H])([2H])[2H])C([2H])([2H])C([2H])([2H])C([2H])([2H])C(=O)OC(COC(=O)C([2H])([2H])C([2H])([2H])C([2H])([2H])C([2H])([2H])C([2H])([2H])C([2H])([2H])C([2H])([2H])[2H])COC(=O)C([2H])([2H])C([2H])([2H])C([2H])([2H])C([2H])([2H])C([2H])([2H])C([2H])([2H])C([2H])([2H])[2H]. The molecule has 6 heteroatoms. The molecule has 0 aromatic carbocycles. The Balaban J connectivity index is 7.86. The summed E-state index contributed by atoms with van der Waals surface area (Å²) in [6.45, 7) is -16.8. The van der Waals surface area contributed by atoms with Crippen molar-refractivity contribution in [2.75, 3.05) is 13.2 Å². The Morgan fingerprint density at radius 2 is 1.06 bits per heavy atom. The molecule has 0 saturated heterocycles. The smallest absolute Gasteiger partial charge is 0.306 e. The van der Waals surface area contributed by atoms with E-state index in [-0.39, 0.29) is 0 Å². The second kappa shape index (κ2) is 23.6. The summed E-state index contributed by atoms with van der Waals surface area (Å²) in [5, 5.41) is 0. The first-order valence-electron chi connectivity index (χ1n) is 30.3. The quantitative estimate of drug-likeness (QED) is 0.107. The lowest BCUT2D eigenvalue weighted by Crippen LogP contribution is -2.30. The number of esters is 3. The summed E-state index contributed by atoms with van der Waals surface area (Å²) >= 11 is 0. The molecule has 0 fully saturated rings. The minimum atomic E-state index is -4.92. The zero-order valence-corrected chi connectivity index (χ0v) is 16.5. The monoisotopic (exact) mass is 515 g/mol. The fraction of sp³-hybridized carbons (Fsp3) is 0.889. The molecule has 0 aliphatic rings. The van der Waals surface area contributed by atoms with Crippen LogP contribution < -0.4 is 0 Å². The fourth-order valence-corrected chi connectivity index (χ4v) is 1.25. The third-order valence-corrected chi connectivity index (χ3v) is 2.36. The number of carbonyl (C=O) groups excluding carboxylic acids is 3. The van der Waals surface area contributed by atoms with E-state index in [0.29, 0.717) is 0 Å². The van der Waals surface area contributed by atoms with Crippen LogP contribution in [0.15, 0.2) is 0 Å². The minimum Gasteiger partial charge on any atom is -0.462 e. The highest BCUT2D eigenvalue weighted by atomic mass is 16.6. The van der Waals surface area contributed by atoms with Gasteiger partial charge in [-0.15, -0.1) is 0 Å². The van der Waals surface area contributed by atoms with E-state index >= 15 is 0 Å². The van der Waals surface area contributed by atoms with Gasteiger partial charge in [-0.05, 0) is 19.1 Å². The fourth-order valence-electron chi connectivity index (χ4n) is 1.25. The molecule has 0 N–H and O–H groups in total. The molecule has 0 aliphatic heterocycles. The van der Waals surface area contributed by atoms with E-state index in [1.807, 2.05) is 0 Å². The first kappa shape index (κ1) is 5.25. The number of hydrogen-bond acceptors (Lipinski definition) is 6. The zero-order chi connectivity index (χ0) is 63.4. The summed E-state index contributed by atoms with van der Waals surface area (Å²) < 4.78 is 359. The summed E-state index contributed by atoms with van der Waals surface area (Å²) in [6, 6.07) is 0. The van der Waals surface area contributed by atoms with Crippen molar-refractivity contribution < 1.29 is 88.9 Å². The number of rotatable bonds is 23. The van der Waals surface area contributed by atoms with Crippen molar-refractivity contribution in [2.24, 2.45) is 0 Å². The molecule has 1 unspecified atom stereocenters. The van der Waals surface area contributed by atoms with Crippen molar-refractivity contribution >= 4 is 17.9 Å². The summed E-state index contributed by atoms with van der Waals surface area (Å²) in [5.74, 6) is -8.67. The zero-order valence-electron chi connectivity index (χ0n) is 60.5. The van der Waals surface area contributed by atoms with Crippen LogP contribution in [0.25, 0.3) is 0 Å². The molecule has 0 amide bonds. The maximum absolute atomic E-state index is 13.5. The van der Waals surface area contributed by atoms with Crippen molar-refractivity contribution in [2.45, 2.75) is 141 Å². The van der Waals surface area contributed by atoms with Gasteiger partial charge in [-0.25, -0.2) is 0 Å². The van der Waals surface area contributed by atoms with Crippen LogP contribution in [0.1, 0.15) is 196 Å². The second-order valence-corrected chi connectivity index (χ2v) is 4.53. The lowest BCUT2D eigenvalue weighted by Gasteiger charge is -2.18. The molecule has 0 saturated carbocycles. The lowest BCUT2D eigenvalue weighted by atomic mass is 10.1. The third kappa shape index (κ3) is 22.0. The molecule has 6 nitrogen and oxygen atoms in total. The van der Waals surface area contributed by atoms with E-state index in [1.54, 1.807) is 0 Å². The Morgan fingerprint density at radius 1 is 0.606 bits per heavy atom. The Labute approximate surface area is 264 Å². The Kier molecular flexibility index (Phi) is 3.75. The third-order valence-electron chi connectivity index (χ3n) is 2.36. The molecule has 194 valence electrons. The van der Waals surface area contributed by atoms with Gasteiger partial charge in [-0.2, -0.15) is 0 Å². The van der Waals surface area contributed by atoms with Crippen LogP contribution in [-0.4, -0.2) is 37.2 Å². The van der Waals surface area contributed by atoms with Crippen LogP contribution in [0, 0.1) is 0 Å². The van der Waals surface area contributed by atoms with Gasteiger partial charge in [0, 0.05) is 79.4 Å². The van der Waals surface area contributed by atoms with Gasteiger partial charge in [-0.3, -0.25) is 14.4 Å². The highest BCUT2D eigenvalue weighted by Gasteiger charge is 2.19. The van der Waals surface area contributed by atoms with E-state index in [0.717, 1.165) is 0 Å². The maximum atomic E-state index is 13.5. The van der Waals surface area contributed by atoms with Gasteiger partial charge in [0.1, 0.15) is 13.2 Å². The molecule has 0 rings (SSSR count). The van der Waals surface area contributed by atoms with Gasteiger partial charge < -0.3 is 14.2 Å². The average Bonchev–Trinajstić information content (AvgIpc) is 3.21. The van der Waals surface area contributed by atoms with Crippen molar-refractivity contribution in [3.05, 3.63) is 0 Å². The number of ether oxygens (including phenoxy) is 3. The van der Waals surface area contributed by atoms with Gasteiger partial charge in [0.2, 0.25) is 0 Å². The number of carbonyl (C=O) groups is 3. The summed E-state index contributed by atoms with van der Waals surface area (Å²) in [5.41, 5.74) is 0. The molecule has 0 heterocycles. The molecule has 0 aromatic rings. The Bertz CT molecular complexity index is 2040. The highest BCUT2D eigenvalue weighted by Crippen LogP contribution is 2.10. The van der Waals surface area contributed by atoms with Gasteiger partial charge in [0.15, 0.2) is 6.10 Å². The van der Waals surface area contributed by atoms with Crippen LogP contribution in [0.5, 0.6) is 0 Å². The molecule has 0 aromatic heterocycles. The van der Waals surface area contributed by atoms with E-state index in [9.17, 15) is 14.4 Å². The number of hydrogen-bond donors (Lipinski definition) is 0. The van der Waals surface area contributed by atoms with Crippen LogP contribution in [0.4, 0.5) is 0 Å². The Morgan fingerprint density at radius 3 is 1.61 bits per heavy atom. The van der Waals surface area contributed by atoms with Crippen LogP contribution in [0.2, 0.25) is 0 Å².